The summed E-state index contributed by atoms with van der Waals surface area (Å²) in [4.78, 5) is 0. The normalized spacial score (nSPS) is 23.1. The van der Waals surface area contributed by atoms with Gasteiger partial charge in [-0.15, -0.1) is 0 Å². The molecule has 1 unspecified atom stereocenters. The highest BCUT2D eigenvalue weighted by Gasteiger charge is 2.26. The Labute approximate surface area is 125 Å². The zero-order chi connectivity index (χ0) is 14.0. The molecule has 1 saturated carbocycles. The average Bonchev–Trinajstić information content (AvgIpc) is 2.77. The Kier molecular flexibility index (Phi) is 7.67. The third-order valence-corrected chi connectivity index (χ3v) is 5.12. The van der Waals surface area contributed by atoms with Gasteiger partial charge in [-0.2, -0.15) is 0 Å². The minimum absolute atomic E-state index is 0.797. The van der Waals surface area contributed by atoms with Crippen LogP contribution in [-0.4, -0.2) is 26.8 Å². The molecule has 0 aliphatic heterocycles. The fourth-order valence-electron chi connectivity index (χ4n) is 3.95. The van der Waals surface area contributed by atoms with Crippen LogP contribution < -0.4 is 5.32 Å². The first-order chi connectivity index (χ1) is 9.92. The second-order valence-electron chi connectivity index (χ2n) is 6.58. The molecule has 20 heavy (non-hydrogen) atoms. The van der Waals surface area contributed by atoms with Crippen molar-refractivity contribution in [3.63, 3.8) is 0 Å². The van der Waals surface area contributed by atoms with Gasteiger partial charge in [0.1, 0.15) is 0 Å². The summed E-state index contributed by atoms with van der Waals surface area (Å²) >= 11 is 0. The summed E-state index contributed by atoms with van der Waals surface area (Å²) in [6.07, 6.45) is 16.8. The molecule has 0 radical (unpaired) electrons. The zero-order valence-electron chi connectivity index (χ0n) is 13.3. The lowest BCUT2D eigenvalue weighted by molar-refractivity contribution is 0.195. The zero-order valence-corrected chi connectivity index (χ0v) is 13.3. The van der Waals surface area contributed by atoms with E-state index in [1.165, 1.54) is 70.8 Å². The molecule has 0 aromatic heterocycles. The molecular formula is C18H33NO. The maximum atomic E-state index is 5.16. The Bertz CT molecular complexity index is 279. The molecule has 1 fully saturated rings. The third kappa shape index (κ3) is 5.21. The van der Waals surface area contributed by atoms with E-state index in [-0.39, 0.29) is 0 Å². The van der Waals surface area contributed by atoms with Crippen LogP contribution in [0, 0.1) is 11.8 Å². The molecule has 0 saturated heterocycles. The monoisotopic (exact) mass is 279 g/mol. The quantitative estimate of drug-likeness (QED) is 0.426. The largest absolute Gasteiger partial charge is 0.383 e. The maximum Gasteiger partial charge on any atom is 0.0587 e. The fourth-order valence-corrected chi connectivity index (χ4v) is 3.95. The fraction of sp³-hybridized carbons (Fsp3) is 0.889. The van der Waals surface area contributed by atoms with Gasteiger partial charge in [0.25, 0.3) is 0 Å². The van der Waals surface area contributed by atoms with Gasteiger partial charge in [0.05, 0.1) is 6.61 Å². The Balaban J connectivity index is 1.92. The van der Waals surface area contributed by atoms with Crippen molar-refractivity contribution < 1.29 is 4.74 Å². The molecule has 0 amide bonds. The number of hydrogen-bond acceptors (Lipinski definition) is 2. The molecule has 0 aromatic rings. The Morgan fingerprint density at radius 3 is 2.60 bits per heavy atom. The number of rotatable bonds is 7. The Morgan fingerprint density at radius 1 is 1.15 bits per heavy atom. The van der Waals surface area contributed by atoms with Gasteiger partial charge in [-0.3, -0.25) is 0 Å². The second-order valence-corrected chi connectivity index (χ2v) is 6.58. The van der Waals surface area contributed by atoms with Crippen molar-refractivity contribution in [1.29, 1.82) is 0 Å². The van der Waals surface area contributed by atoms with E-state index < -0.39 is 0 Å². The van der Waals surface area contributed by atoms with Crippen molar-refractivity contribution in [2.24, 2.45) is 11.8 Å². The Hall–Kier alpha value is -0.340. The van der Waals surface area contributed by atoms with Crippen LogP contribution in [0.1, 0.15) is 64.2 Å². The molecule has 0 heterocycles. The summed E-state index contributed by atoms with van der Waals surface area (Å²) in [6, 6.07) is 0. The maximum absolute atomic E-state index is 5.16. The summed E-state index contributed by atoms with van der Waals surface area (Å²) < 4.78 is 5.16. The summed E-state index contributed by atoms with van der Waals surface area (Å²) in [6.45, 7) is 2.99. The van der Waals surface area contributed by atoms with Gasteiger partial charge in [0.2, 0.25) is 0 Å². The smallest absolute Gasteiger partial charge is 0.0587 e. The molecule has 2 heteroatoms. The van der Waals surface area contributed by atoms with Gasteiger partial charge < -0.3 is 10.1 Å². The van der Waals surface area contributed by atoms with E-state index in [0.717, 1.165) is 25.0 Å². The van der Waals surface area contributed by atoms with E-state index >= 15 is 0 Å². The van der Waals surface area contributed by atoms with Gasteiger partial charge in [0, 0.05) is 20.2 Å². The highest BCUT2D eigenvalue weighted by molar-refractivity contribution is 5.11. The molecule has 0 spiro atoms. The lowest BCUT2D eigenvalue weighted by Gasteiger charge is -2.31. The molecule has 0 bridgehead atoms. The van der Waals surface area contributed by atoms with Crippen LogP contribution in [0.5, 0.6) is 0 Å². The van der Waals surface area contributed by atoms with E-state index in [1.807, 2.05) is 0 Å². The summed E-state index contributed by atoms with van der Waals surface area (Å²) in [5, 5.41) is 3.64. The van der Waals surface area contributed by atoms with Crippen LogP contribution in [-0.2, 0) is 4.74 Å². The number of methoxy groups -OCH3 is 1. The van der Waals surface area contributed by atoms with Crippen LogP contribution in [0.15, 0.2) is 11.6 Å². The van der Waals surface area contributed by atoms with Gasteiger partial charge >= 0.3 is 0 Å². The van der Waals surface area contributed by atoms with Crippen LogP contribution in [0.25, 0.3) is 0 Å². The Morgan fingerprint density at radius 2 is 1.95 bits per heavy atom. The van der Waals surface area contributed by atoms with Gasteiger partial charge in [0.15, 0.2) is 0 Å². The first-order valence-electron chi connectivity index (χ1n) is 8.80. The predicted molar refractivity (Wildman–Crippen MR) is 86.0 cm³/mol. The summed E-state index contributed by atoms with van der Waals surface area (Å²) in [5.41, 5.74) is 1.77. The SMILES string of the molecule is COCCNCC(C1=CCCCC1)C1CCCCCC1. The lowest BCUT2D eigenvalue weighted by atomic mass is 9.77. The number of hydrogen-bond donors (Lipinski definition) is 1. The average molecular weight is 279 g/mol. The van der Waals surface area contributed by atoms with Crippen LogP contribution in [0.4, 0.5) is 0 Å². The van der Waals surface area contributed by atoms with E-state index in [1.54, 1.807) is 12.7 Å². The van der Waals surface area contributed by atoms with Crippen molar-refractivity contribution in [3.05, 3.63) is 11.6 Å². The first kappa shape index (κ1) is 16.0. The molecule has 2 aliphatic carbocycles. The van der Waals surface area contributed by atoms with E-state index in [9.17, 15) is 0 Å². The van der Waals surface area contributed by atoms with Gasteiger partial charge in [-0.25, -0.2) is 0 Å². The van der Waals surface area contributed by atoms with Crippen LogP contribution in [0.2, 0.25) is 0 Å². The molecule has 2 nitrogen and oxygen atoms in total. The van der Waals surface area contributed by atoms with E-state index in [4.69, 9.17) is 4.74 Å². The van der Waals surface area contributed by atoms with Crippen LogP contribution in [0.3, 0.4) is 0 Å². The number of nitrogens with one attached hydrogen (secondary N) is 1. The molecule has 1 atom stereocenters. The summed E-state index contributed by atoms with van der Waals surface area (Å²) in [7, 11) is 1.79. The summed E-state index contributed by atoms with van der Waals surface area (Å²) in [5.74, 6) is 1.72. The van der Waals surface area contributed by atoms with E-state index in [2.05, 4.69) is 11.4 Å². The van der Waals surface area contributed by atoms with Crippen molar-refractivity contribution in [2.75, 3.05) is 26.8 Å². The highest BCUT2D eigenvalue weighted by Crippen LogP contribution is 2.36. The third-order valence-electron chi connectivity index (χ3n) is 5.12. The van der Waals surface area contributed by atoms with E-state index in [0.29, 0.717) is 0 Å². The minimum atomic E-state index is 0.797. The van der Waals surface area contributed by atoms with Crippen molar-refractivity contribution in [1.82, 2.24) is 5.32 Å². The van der Waals surface area contributed by atoms with Gasteiger partial charge in [-0.1, -0.05) is 37.3 Å². The van der Waals surface area contributed by atoms with Crippen molar-refractivity contribution in [2.45, 2.75) is 64.2 Å². The molecule has 1 N–H and O–H groups in total. The lowest BCUT2D eigenvalue weighted by Crippen LogP contribution is -2.32. The van der Waals surface area contributed by atoms with Crippen molar-refractivity contribution in [3.8, 4) is 0 Å². The number of allylic oxidation sites excluding steroid dienone is 1. The van der Waals surface area contributed by atoms with Gasteiger partial charge in [-0.05, 0) is 50.4 Å². The van der Waals surface area contributed by atoms with Crippen molar-refractivity contribution >= 4 is 0 Å². The van der Waals surface area contributed by atoms with Crippen LogP contribution >= 0.6 is 0 Å². The second kappa shape index (κ2) is 9.57. The minimum Gasteiger partial charge on any atom is -0.383 e. The molecule has 0 aromatic carbocycles. The number of ether oxygens (including phenoxy) is 1. The molecule has 2 aliphatic rings. The standard InChI is InChI=1S/C18H33NO/c1-20-14-13-19-15-18(17-11-7-4-8-12-17)16-9-5-2-3-6-10-16/h11,16,18-19H,2-10,12-15H2,1H3. The molecule has 116 valence electrons. The molecule has 2 rings (SSSR count). The highest BCUT2D eigenvalue weighted by atomic mass is 16.5. The topological polar surface area (TPSA) is 21.3 Å². The first-order valence-corrected chi connectivity index (χ1v) is 8.80. The predicted octanol–water partition coefficient (Wildman–Crippen LogP) is 4.31. The molecular weight excluding hydrogens is 246 g/mol.